The summed E-state index contributed by atoms with van der Waals surface area (Å²) >= 11 is 0. The second-order valence-corrected chi connectivity index (χ2v) is 7.20. The Hall–Kier alpha value is -4.10. The van der Waals surface area contributed by atoms with Crippen LogP contribution in [-0.4, -0.2) is 13.3 Å². The summed E-state index contributed by atoms with van der Waals surface area (Å²) in [5.41, 5.74) is 2.66. The molecule has 0 saturated carbocycles. The van der Waals surface area contributed by atoms with E-state index in [0.717, 1.165) is 49.7 Å². The van der Waals surface area contributed by atoms with Crippen molar-refractivity contribution >= 4 is 50.5 Å². The van der Waals surface area contributed by atoms with Crippen LogP contribution >= 0.6 is 0 Å². The molecule has 138 valence electrons. The van der Waals surface area contributed by atoms with Crippen molar-refractivity contribution in [2.45, 2.75) is 0 Å². The lowest BCUT2D eigenvalue weighted by atomic mass is 10.0. The monoisotopic (exact) mass is 374 g/mol. The number of anilines is 2. The van der Waals surface area contributed by atoms with Gasteiger partial charge < -0.3 is 15.6 Å². The average Bonchev–Trinajstić information content (AvgIpc) is 3.09. The largest absolute Gasteiger partial charge is 0.339 e. The van der Waals surface area contributed by atoms with E-state index < -0.39 is 0 Å². The Morgan fingerprint density at radius 2 is 1.66 bits per heavy atom. The molecule has 0 fully saturated rings. The van der Waals surface area contributed by atoms with E-state index in [1.807, 2.05) is 30.3 Å². The Morgan fingerprint density at radius 1 is 0.931 bits per heavy atom. The van der Waals surface area contributed by atoms with E-state index >= 15 is 0 Å². The first kappa shape index (κ1) is 17.0. The van der Waals surface area contributed by atoms with Crippen LogP contribution < -0.4 is 20.7 Å². The third kappa shape index (κ3) is 2.72. The van der Waals surface area contributed by atoms with Crippen molar-refractivity contribution in [3.05, 3.63) is 83.2 Å². The molecule has 0 aromatic heterocycles. The standard InChI is InChI=1S/C25H18N4/c1-29-24-5-3-2-4-23(24)28-25(29)19-9-8-17-10-20-12-18(22(14-26)15-27)7-6-16(20)11-21(17)13-19/h2-14,26,28H,1H3/b22-18-,25-19+,26-14?. The first-order valence-electron chi connectivity index (χ1n) is 9.40. The SMILES string of the molecule is CN1/C(=c2\ccc3cc4c/c(=C(\C#N)C=N)ccc4cc3c2)Nc2ccccc21. The van der Waals surface area contributed by atoms with Gasteiger partial charge >= 0.3 is 0 Å². The van der Waals surface area contributed by atoms with Crippen LogP contribution in [0.15, 0.2) is 72.8 Å². The predicted octanol–water partition coefficient (Wildman–Crippen LogP) is 3.94. The van der Waals surface area contributed by atoms with Crippen molar-refractivity contribution in [3.8, 4) is 6.07 Å². The van der Waals surface area contributed by atoms with Crippen LogP contribution in [0.25, 0.3) is 32.9 Å². The molecule has 1 aliphatic rings. The Kier molecular flexibility index (Phi) is 3.82. The third-order valence-electron chi connectivity index (χ3n) is 5.50. The summed E-state index contributed by atoms with van der Waals surface area (Å²) in [5.74, 6) is 1.07. The minimum atomic E-state index is 0.369. The number of nitrogens with one attached hydrogen (secondary N) is 2. The van der Waals surface area contributed by atoms with Crippen LogP contribution in [-0.2, 0) is 0 Å². The van der Waals surface area contributed by atoms with E-state index in [0.29, 0.717) is 5.57 Å². The van der Waals surface area contributed by atoms with Crippen molar-refractivity contribution in [2.24, 2.45) is 0 Å². The van der Waals surface area contributed by atoms with Gasteiger partial charge in [-0.25, -0.2) is 0 Å². The van der Waals surface area contributed by atoms with Crippen molar-refractivity contribution in [1.29, 1.82) is 10.7 Å². The molecule has 4 nitrogen and oxygen atoms in total. The molecule has 5 rings (SSSR count). The van der Waals surface area contributed by atoms with E-state index in [2.05, 4.69) is 65.8 Å². The molecule has 4 aromatic rings. The highest BCUT2D eigenvalue weighted by molar-refractivity contribution is 6.07. The first-order chi connectivity index (χ1) is 14.2. The van der Waals surface area contributed by atoms with Crippen LogP contribution in [0.3, 0.4) is 0 Å². The Balaban J connectivity index is 1.70. The zero-order valence-corrected chi connectivity index (χ0v) is 15.9. The normalized spacial score (nSPS) is 15.7. The van der Waals surface area contributed by atoms with Gasteiger partial charge in [0.15, 0.2) is 0 Å². The molecule has 0 unspecified atom stereocenters. The summed E-state index contributed by atoms with van der Waals surface area (Å²) in [5, 5.41) is 26.5. The van der Waals surface area contributed by atoms with Gasteiger partial charge in [0.1, 0.15) is 11.9 Å². The topological polar surface area (TPSA) is 62.9 Å². The summed E-state index contributed by atoms with van der Waals surface area (Å²) in [6.07, 6.45) is 1.11. The molecular weight excluding hydrogens is 356 g/mol. The second kappa shape index (κ2) is 6.50. The fourth-order valence-electron chi connectivity index (χ4n) is 3.96. The van der Waals surface area contributed by atoms with Gasteiger partial charge in [-0.15, -0.1) is 0 Å². The lowest BCUT2D eigenvalue weighted by Crippen LogP contribution is -2.22. The predicted molar refractivity (Wildman–Crippen MR) is 120 cm³/mol. The number of fused-ring (bicyclic) bond motifs is 3. The van der Waals surface area contributed by atoms with E-state index in [1.54, 1.807) is 0 Å². The quantitative estimate of drug-likeness (QED) is 0.392. The summed E-state index contributed by atoms with van der Waals surface area (Å²) in [7, 11) is 2.08. The summed E-state index contributed by atoms with van der Waals surface area (Å²) in [6, 6.07) is 27.1. The van der Waals surface area contributed by atoms with Crippen LogP contribution in [0.4, 0.5) is 11.4 Å². The van der Waals surface area contributed by atoms with Gasteiger partial charge in [0, 0.05) is 18.5 Å². The molecular formula is C25H18N4. The fraction of sp³-hybridized carbons (Fsp3) is 0.0400. The lowest BCUT2D eigenvalue weighted by Gasteiger charge is -2.13. The van der Waals surface area contributed by atoms with Crippen molar-refractivity contribution in [1.82, 2.24) is 0 Å². The number of benzene rings is 4. The molecule has 0 atom stereocenters. The average molecular weight is 374 g/mol. The summed E-state index contributed by atoms with van der Waals surface area (Å²) in [6.45, 7) is 0. The number of hydrogen-bond donors (Lipinski definition) is 2. The van der Waals surface area contributed by atoms with Gasteiger partial charge in [0.25, 0.3) is 0 Å². The zero-order chi connectivity index (χ0) is 20.0. The lowest BCUT2D eigenvalue weighted by molar-refractivity contribution is 1.25. The molecule has 29 heavy (non-hydrogen) atoms. The first-order valence-corrected chi connectivity index (χ1v) is 9.40. The van der Waals surface area contributed by atoms with E-state index in [9.17, 15) is 5.26 Å². The fourth-order valence-corrected chi connectivity index (χ4v) is 3.96. The molecule has 0 saturated heterocycles. The summed E-state index contributed by atoms with van der Waals surface area (Å²) < 4.78 is 0. The van der Waals surface area contributed by atoms with E-state index in [-0.39, 0.29) is 0 Å². The number of rotatable bonds is 1. The molecule has 1 heterocycles. The molecule has 0 radical (unpaired) electrons. The second-order valence-electron chi connectivity index (χ2n) is 7.20. The van der Waals surface area contributed by atoms with Gasteiger partial charge in [0.2, 0.25) is 0 Å². The van der Waals surface area contributed by atoms with Gasteiger partial charge in [-0.2, -0.15) is 5.26 Å². The highest BCUT2D eigenvalue weighted by Crippen LogP contribution is 2.34. The maximum Gasteiger partial charge on any atom is 0.118 e. The molecule has 0 bridgehead atoms. The Morgan fingerprint density at radius 3 is 2.38 bits per heavy atom. The number of hydrogen-bond acceptors (Lipinski definition) is 4. The maximum absolute atomic E-state index is 9.19. The molecule has 0 aliphatic carbocycles. The highest BCUT2D eigenvalue weighted by atomic mass is 15.3. The van der Waals surface area contributed by atoms with Gasteiger partial charge in [-0.1, -0.05) is 36.4 Å². The van der Waals surface area contributed by atoms with Crippen LogP contribution in [0, 0.1) is 16.7 Å². The molecule has 0 amide bonds. The van der Waals surface area contributed by atoms with Crippen molar-refractivity contribution in [2.75, 3.05) is 17.3 Å². The van der Waals surface area contributed by atoms with Crippen LogP contribution in [0.2, 0.25) is 0 Å². The van der Waals surface area contributed by atoms with Crippen LogP contribution in [0.5, 0.6) is 0 Å². The van der Waals surface area contributed by atoms with Crippen molar-refractivity contribution < 1.29 is 0 Å². The molecule has 4 heteroatoms. The van der Waals surface area contributed by atoms with Crippen molar-refractivity contribution in [3.63, 3.8) is 0 Å². The van der Waals surface area contributed by atoms with Crippen LogP contribution in [0.1, 0.15) is 0 Å². The number of nitriles is 1. The Bertz CT molecular complexity index is 1470. The Labute approximate surface area is 168 Å². The number of nitrogens with zero attached hydrogens (tertiary/aromatic N) is 2. The maximum atomic E-state index is 9.19. The zero-order valence-electron chi connectivity index (χ0n) is 15.9. The smallest absolute Gasteiger partial charge is 0.118 e. The molecule has 4 aromatic carbocycles. The van der Waals surface area contributed by atoms with Gasteiger partial charge in [-0.3, -0.25) is 0 Å². The molecule has 1 aliphatic heterocycles. The third-order valence-corrected chi connectivity index (χ3v) is 5.50. The minimum Gasteiger partial charge on any atom is -0.339 e. The number of para-hydroxylation sites is 2. The van der Waals surface area contributed by atoms with Gasteiger partial charge in [0.05, 0.1) is 16.9 Å². The van der Waals surface area contributed by atoms with E-state index in [4.69, 9.17) is 5.41 Å². The van der Waals surface area contributed by atoms with E-state index in [1.165, 1.54) is 5.69 Å². The van der Waals surface area contributed by atoms with Gasteiger partial charge in [-0.05, 0) is 63.2 Å². The minimum absolute atomic E-state index is 0.369. The molecule has 0 spiro atoms. The molecule has 2 N–H and O–H groups in total. The summed E-state index contributed by atoms with van der Waals surface area (Å²) in [4.78, 5) is 2.18. The highest BCUT2D eigenvalue weighted by Gasteiger charge is 2.19.